The second kappa shape index (κ2) is 7.60. The molecule has 2 atom stereocenters. The average Bonchev–Trinajstić information content (AvgIpc) is 2.87. The lowest BCUT2D eigenvalue weighted by molar-refractivity contribution is -0.121. The molecule has 1 amide bonds. The van der Waals surface area contributed by atoms with E-state index in [1.165, 1.54) is 12.0 Å². The van der Waals surface area contributed by atoms with Crippen LogP contribution in [-0.4, -0.2) is 18.5 Å². The molecule has 21 heavy (non-hydrogen) atoms. The summed E-state index contributed by atoms with van der Waals surface area (Å²) in [5.41, 5.74) is 8.18. The molecule has 1 aliphatic carbocycles. The Morgan fingerprint density at radius 3 is 2.52 bits per heavy atom. The molecular formula is C18H28N2O. The number of rotatable bonds is 6. The van der Waals surface area contributed by atoms with E-state index >= 15 is 0 Å². The maximum atomic E-state index is 12.1. The number of hydrogen-bond acceptors (Lipinski definition) is 2. The van der Waals surface area contributed by atoms with Crippen LogP contribution in [0, 0.1) is 11.8 Å². The van der Waals surface area contributed by atoms with Crippen molar-refractivity contribution in [2.75, 3.05) is 6.54 Å². The van der Waals surface area contributed by atoms with Gasteiger partial charge in [0.05, 0.1) is 6.42 Å². The van der Waals surface area contributed by atoms with Crippen LogP contribution in [0.15, 0.2) is 24.3 Å². The van der Waals surface area contributed by atoms with Gasteiger partial charge in [0.1, 0.15) is 0 Å². The van der Waals surface area contributed by atoms with Crippen molar-refractivity contribution in [3.8, 4) is 0 Å². The van der Waals surface area contributed by atoms with Crippen LogP contribution in [0.4, 0.5) is 0 Å². The highest BCUT2D eigenvalue weighted by Gasteiger charge is 2.27. The molecule has 2 unspecified atom stereocenters. The van der Waals surface area contributed by atoms with E-state index in [1.807, 2.05) is 0 Å². The first kappa shape index (κ1) is 16.0. The molecular weight excluding hydrogens is 260 g/mol. The van der Waals surface area contributed by atoms with Gasteiger partial charge in [0.15, 0.2) is 0 Å². The van der Waals surface area contributed by atoms with E-state index in [4.69, 9.17) is 5.73 Å². The number of nitrogens with one attached hydrogen (secondary N) is 1. The Bertz CT molecular complexity index is 453. The molecule has 1 saturated carbocycles. The highest BCUT2D eigenvalue weighted by molar-refractivity contribution is 5.78. The number of benzene rings is 1. The van der Waals surface area contributed by atoms with E-state index in [0.29, 0.717) is 24.8 Å². The third kappa shape index (κ3) is 4.85. The van der Waals surface area contributed by atoms with Crippen LogP contribution >= 0.6 is 0 Å². The van der Waals surface area contributed by atoms with Crippen molar-refractivity contribution in [1.82, 2.24) is 5.32 Å². The Hall–Kier alpha value is -1.35. The molecule has 3 heteroatoms. The van der Waals surface area contributed by atoms with Gasteiger partial charge in [-0.1, -0.05) is 44.5 Å². The SMILES string of the molecule is CC(C)Cc1ccc(CC(=O)NC2CCCC2CN)cc1. The molecule has 2 rings (SSSR count). The van der Waals surface area contributed by atoms with Crippen molar-refractivity contribution < 1.29 is 4.79 Å². The summed E-state index contributed by atoms with van der Waals surface area (Å²) in [6.45, 7) is 5.11. The molecule has 0 aromatic heterocycles. The van der Waals surface area contributed by atoms with E-state index in [9.17, 15) is 4.79 Å². The zero-order valence-corrected chi connectivity index (χ0v) is 13.3. The molecule has 1 fully saturated rings. The highest BCUT2D eigenvalue weighted by atomic mass is 16.1. The highest BCUT2D eigenvalue weighted by Crippen LogP contribution is 2.24. The van der Waals surface area contributed by atoms with Crippen LogP contribution in [0.2, 0.25) is 0 Å². The molecule has 3 N–H and O–H groups in total. The maximum Gasteiger partial charge on any atom is 0.224 e. The predicted molar refractivity (Wildman–Crippen MR) is 87.0 cm³/mol. The predicted octanol–water partition coefficient (Wildman–Crippen LogP) is 2.67. The Labute approximate surface area is 128 Å². The molecule has 1 aliphatic rings. The summed E-state index contributed by atoms with van der Waals surface area (Å²) >= 11 is 0. The minimum absolute atomic E-state index is 0.122. The molecule has 0 bridgehead atoms. The van der Waals surface area contributed by atoms with Crippen LogP contribution < -0.4 is 11.1 Å². The van der Waals surface area contributed by atoms with E-state index in [2.05, 4.69) is 43.4 Å². The number of hydrogen-bond donors (Lipinski definition) is 2. The maximum absolute atomic E-state index is 12.1. The van der Waals surface area contributed by atoms with Gasteiger partial charge < -0.3 is 11.1 Å². The first-order valence-corrected chi connectivity index (χ1v) is 8.15. The normalized spacial score (nSPS) is 21.7. The summed E-state index contributed by atoms with van der Waals surface area (Å²) in [4.78, 5) is 12.1. The van der Waals surface area contributed by atoms with Crippen molar-refractivity contribution in [2.24, 2.45) is 17.6 Å². The minimum atomic E-state index is 0.122. The van der Waals surface area contributed by atoms with Crippen LogP contribution in [-0.2, 0) is 17.6 Å². The van der Waals surface area contributed by atoms with Crippen LogP contribution in [0.3, 0.4) is 0 Å². The third-order valence-electron chi connectivity index (χ3n) is 4.34. The van der Waals surface area contributed by atoms with E-state index < -0.39 is 0 Å². The number of nitrogens with two attached hydrogens (primary N) is 1. The number of carbonyl (C=O) groups excluding carboxylic acids is 1. The fourth-order valence-electron chi connectivity index (χ4n) is 3.22. The second-order valence-electron chi connectivity index (χ2n) is 6.69. The molecule has 1 aromatic carbocycles. The summed E-state index contributed by atoms with van der Waals surface area (Å²) in [5.74, 6) is 1.24. The minimum Gasteiger partial charge on any atom is -0.353 e. The van der Waals surface area contributed by atoms with Crippen molar-refractivity contribution >= 4 is 5.91 Å². The van der Waals surface area contributed by atoms with Crippen LogP contribution in [0.25, 0.3) is 0 Å². The fraction of sp³-hybridized carbons (Fsp3) is 0.611. The van der Waals surface area contributed by atoms with Gasteiger partial charge in [0, 0.05) is 6.04 Å². The molecule has 0 radical (unpaired) electrons. The van der Waals surface area contributed by atoms with Gasteiger partial charge in [-0.2, -0.15) is 0 Å². The molecule has 116 valence electrons. The topological polar surface area (TPSA) is 55.1 Å². The van der Waals surface area contributed by atoms with E-state index in [0.717, 1.165) is 24.8 Å². The first-order valence-electron chi connectivity index (χ1n) is 8.15. The molecule has 0 spiro atoms. The van der Waals surface area contributed by atoms with E-state index in [1.54, 1.807) is 0 Å². The number of carbonyl (C=O) groups is 1. The number of amides is 1. The summed E-state index contributed by atoms with van der Waals surface area (Å²) in [5, 5.41) is 3.16. The standard InChI is InChI=1S/C18H28N2O/c1-13(2)10-14-6-8-15(9-7-14)11-18(21)20-17-5-3-4-16(17)12-19/h6-9,13,16-17H,3-5,10-12,19H2,1-2H3,(H,20,21). The summed E-state index contributed by atoms with van der Waals surface area (Å²) < 4.78 is 0. The van der Waals surface area contributed by atoms with Crippen molar-refractivity contribution in [2.45, 2.75) is 52.0 Å². The van der Waals surface area contributed by atoms with Crippen molar-refractivity contribution in [3.05, 3.63) is 35.4 Å². The summed E-state index contributed by atoms with van der Waals surface area (Å²) in [6, 6.07) is 8.71. The van der Waals surface area contributed by atoms with Crippen molar-refractivity contribution in [1.29, 1.82) is 0 Å². The zero-order valence-electron chi connectivity index (χ0n) is 13.3. The van der Waals surface area contributed by atoms with Gasteiger partial charge in [-0.15, -0.1) is 0 Å². The first-order chi connectivity index (χ1) is 10.1. The van der Waals surface area contributed by atoms with Gasteiger partial charge in [0.25, 0.3) is 0 Å². The third-order valence-corrected chi connectivity index (χ3v) is 4.34. The fourth-order valence-corrected chi connectivity index (χ4v) is 3.22. The molecule has 0 saturated heterocycles. The lowest BCUT2D eigenvalue weighted by Crippen LogP contribution is -2.40. The van der Waals surface area contributed by atoms with Crippen molar-refractivity contribution in [3.63, 3.8) is 0 Å². The van der Waals surface area contributed by atoms with Gasteiger partial charge >= 0.3 is 0 Å². The molecule has 3 nitrogen and oxygen atoms in total. The van der Waals surface area contributed by atoms with Gasteiger partial charge in [-0.25, -0.2) is 0 Å². The zero-order chi connectivity index (χ0) is 15.2. The van der Waals surface area contributed by atoms with E-state index in [-0.39, 0.29) is 11.9 Å². The lowest BCUT2D eigenvalue weighted by atomic mass is 10.0. The Morgan fingerprint density at radius 2 is 1.90 bits per heavy atom. The molecule has 1 aromatic rings. The largest absolute Gasteiger partial charge is 0.353 e. The van der Waals surface area contributed by atoms with Gasteiger partial charge in [0.2, 0.25) is 5.91 Å². The summed E-state index contributed by atoms with van der Waals surface area (Å²) in [7, 11) is 0. The quantitative estimate of drug-likeness (QED) is 0.845. The summed E-state index contributed by atoms with van der Waals surface area (Å²) in [6.07, 6.45) is 4.95. The Kier molecular flexibility index (Phi) is 5.80. The van der Waals surface area contributed by atoms with Gasteiger partial charge in [-0.3, -0.25) is 4.79 Å². The average molecular weight is 288 g/mol. The second-order valence-corrected chi connectivity index (χ2v) is 6.69. The Morgan fingerprint density at radius 1 is 1.24 bits per heavy atom. The monoisotopic (exact) mass is 288 g/mol. The van der Waals surface area contributed by atoms with Crippen LogP contribution in [0.5, 0.6) is 0 Å². The lowest BCUT2D eigenvalue weighted by Gasteiger charge is -2.19. The molecule has 0 aliphatic heterocycles. The Balaban J connectivity index is 1.85. The van der Waals surface area contributed by atoms with Crippen LogP contribution in [0.1, 0.15) is 44.2 Å². The smallest absolute Gasteiger partial charge is 0.224 e. The molecule has 0 heterocycles. The van der Waals surface area contributed by atoms with Gasteiger partial charge in [-0.05, 0) is 48.8 Å².